The van der Waals surface area contributed by atoms with E-state index in [1.54, 1.807) is 0 Å². The summed E-state index contributed by atoms with van der Waals surface area (Å²) in [5.74, 6) is 1.75. The minimum absolute atomic E-state index is 0.569. The van der Waals surface area contributed by atoms with Gasteiger partial charge in [-0.2, -0.15) is 0 Å². The Labute approximate surface area is 345 Å². The minimum atomic E-state index is 0.569. The van der Waals surface area contributed by atoms with Crippen LogP contribution in [0.4, 0.5) is 0 Å². The van der Waals surface area contributed by atoms with Crippen molar-refractivity contribution in [1.29, 1.82) is 0 Å². The molecular formula is C55H34N4O. The van der Waals surface area contributed by atoms with Crippen molar-refractivity contribution in [3.8, 4) is 62.1 Å². The van der Waals surface area contributed by atoms with Crippen LogP contribution in [0.1, 0.15) is 0 Å². The van der Waals surface area contributed by atoms with Gasteiger partial charge < -0.3 is 8.98 Å². The second-order valence-corrected chi connectivity index (χ2v) is 15.2. The van der Waals surface area contributed by atoms with E-state index in [0.717, 1.165) is 77.6 Å². The highest BCUT2D eigenvalue weighted by atomic mass is 16.3. The van der Waals surface area contributed by atoms with Crippen LogP contribution in [0.5, 0.6) is 0 Å². The Morgan fingerprint density at radius 1 is 0.317 bits per heavy atom. The van der Waals surface area contributed by atoms with Crippen LogP contribution in [-0.2, 0) is 0 Å². The van der Waals surface area contributed by atoms with Gasteiger partial charge in [-0.25, -0.2) is 15.0 Å². The molecular weight excluding hydrogens is 733 g/mol. The molecule has 280 valence electrons. The van der Waals surface area contributed by atoms with Crippen LogP contribution in [0, 0.1) is 0 Å². The standard InChI is InChI=1S/C55H34N4O/c1-3-15-35(16-4-1)37-21-13-23-41(29-37)53-56-54(42-24-14-22-38(30-42)36-17-5-2-6-18-36)58-55(57-53)47-33-46-44-26-10-12-28-51(44)60-52(46)34-50(47)59-48-27-11-9-25-43(48)45-31-39-19-7-8-20-40(39)32-49(45)59/h1-34H. The molecule has 0 aliphatic rings. The van der Waals surface area contributed by atoms with Gasteiger partial charge in [-0.1, -0.05) is 158 Å². The molecule has 0 saturated heterocycles. The Bertz CT molecular complexity index is 3500. The first-order valence-electron chi connectivity index (χ1n) is 20.2. The van der Waals surface area contributed by atoms with Gasteiger partial charge >= 0.3 is 0 Å². The van der Waals surface area contributed by atoms with Gasteiger partial charge in [-0.05, 0) is 75.5 Å². The lowest BCUT2D eigenvalue weighted by molar-refractivity contribution is 0.668. The van der Waals surface area contributed by atoms with Gasteiger partial charge in [0.15, 0.2) is 17.5 Å². The van der Waals surface area contributed by atoms with E-state index in [0.29, 0.717) is 17.5 Å². The SMILES string of the molecule is c1ccc(-c2cccc(-c3nc(-c4cccc(-c5ccccc5)c4)nc(-c4cc5c(cc4-n4c6ccccc6c6cc7ccccc7cc64)oc4ccccc45)n3)c2)cc1. The van der Waals surface area contributed by atoms with Crippen LogP contribution in [0.2, 0.25) is 0 Å². The average molecular weight is 767 g/mol. The van der Waals surface area contributed by atoms with Gasteiger partial charge in [0, 0.05) is 44.3 Å². The van der Waals surface area contributed by atoms with Crippen molar-refractivity contribution in [3.05, 3.63) is 206 Å². The number of hydrogen-bond acceptors (Lipinski definition) is 4. The summed E-state index contributed by atoms with van der Waals surface area (Å²) in [4.78, 5) is 16.1. The lowest BCUT2D eigenvalue weighted by Gasteiger charge is -2.15. The summed E-state index contributed by atoms with van der Waals surface area (Å²) in [5.41, 5.74) is 11.8. The fraction of sp³-hybridized carbons (Fsp3) is 0. The van der Waals surface area contributed by atoms with Crippen molar-refractivity contribution < 1.29 is 4.42 Å². The molecule has 3 heterocycles. The summed E-state index contributed by atoms with van der Waals surface area (Å²) in [5, 5.41) is 6.74. The van der Waals surface area contributed by atoms with E-state index in [2.05, 4.69) is 187 Å². The lowest BCUT2D eigenvalue weighted by atomic mass is 10.0. The first kappa shape index (κ1) is 33.9. The van der Waals surface area contributed by atoms with E-state index in [-0.39, 0.29) is 0 Å². The van der Waals surface area contributed by atoms with E-state index in [9.17, 15) is 0 Å². The molecule has 0 spiro atoms. The fourth-order valence-corrected chi connectivity index (χ4v) is 8.73. The first-order valence-corrected chi connectivity index (χ1v) is 20.2. The highest BCUT2D eigenvalue weighted by Crippen LogP contribution is 2.42. The zero-order chi connectivity index (χ0) is 39.6. The maximum atomic E-state index is 6.61. The van der Waals surface area contributed by atoms with Crippen LogP contribution >= 0.6 is 0 Å². The van der Waals surface area contributed by atoms with Crippen LogP contribution in [-0.4, -0.2) is 19.5 Å². The predicted octanol–water partition coefficient (Wildman–Crippen LogP) is 14.4. The normalized spacial score (nSPS) is 11.7. The summed E-state index contributed by atoms with van der Waals surface area (Å²) < 4.78 is 8.96. The van der Waals surface area contributed by atoms with Crippen molar-refractivity contribution in [2.75, 3.05) is 0 Å². The summed E-state index contributed by atoms with van der Waals surface area (Å²) in [6.45, 7) is 0. The van der Waals surface area contributed by atoms with Crippen molar-refractivity contribution in [1.82, 2.24) is 19.5 Å². The molecule has 0 aliphatic heterocycles. The average Bonchev–Trinajstić information content (AvgIpc) is 3.85. The zero-order valence-corrected chi connectivity index (χ0v) is 32.3. The first-order chi connectivity index (χ1) is 29.7. The van der Waals surface area contributed by atoms with Gasteiger partial charge in [0.05, 0.1) is 16.7 Å². The molecule has 0 radical (unpaired) electrons. The maximum Gasteiger partial charge on any atom is 0.166 e. The fourth-order valence-electron chi connectivity index (χ4n) is 8.73. The van der Waals surface area contributed by atoms with Gasteiger partial charge in [-0.3, -0.25) is 0 Å². The number of hydrogen-bond donors (Lipinski definition) is 0. The van der Waals surface area contributed by atoms with E-state index in [1.165, 1.54) is 21.5 Å². The van der Waals surface area contributed by atoms with Gasteiger partial charge in [0.2, 0.25) is 0 Å². The molecule has 0 N–H and O–H groups in total. The largest absolute Gasteiger partial charge is 0.456 e. The molecule has 0 atom stereocenters. The number of fused-ring (bicyclic) bond motifs is 7. The van der Waals surface area contributed by atoms with Crippen molar-refractivity contribution >= 4 is 54.5 Å². The molecule has 60 heavy (non-hydrogen) atoms. The van der Waals surface area contributed by atoms with E-state index >= 15 is 0 Å². The number of aromatic nitrogens is 4. The van der Waals surface area contributed by atoms with Crippen molar-refractivity contribution in [2.24, 2.45) is 0 Å². The van der Waals surface area contributed by atoms with Crippen molar-refractivity contribution in [2.45, 2.75) is 0 Å². The third-order valence-corrected chi connectivity index (χ3v) is 11.6. The molecule has 0 amide bonds. The maximum absolute atomic E-state index is 6.61. The Kier molecular flexibility index (Phi) is 7.78. The predicted molar refractivity (Wildman–Crippen MR) is 246 cm³/mol. The van der Waals surface area contributed by atoms with Gasteiger partial charge in [0.25, 0.3) is 0 Å². The van der Waals surface area contributed by atoms with Gasteiger partial charge in [-0.15, -0.1) is 0 Å². The summed E-state index contributed by atoms with van der Waals surface area (Å²) >= 11 is 0. The molecule has 12 rings (SSSR count). The second kappa shape index (κ2) is 13.8. The quantitative estimate of drug-likeness (QED) is 0.169. The highest BCUT2D eigenvalue weighted by molar-refractivity contribution is 6.15. The smallest absolute Gasteiger partial charge is 0.166 e. The summed E-state index contributed by atoms with van der Waals surface area (Å²) in [6.07, 6.45) is 0. The highest BCUT2D eigenvalue weighted by Gasteiger charge is 2.23. The molecule has 0 aliphatic carbocycles. The van der Waals surface area contributed by atoms with Gasteiger partial charge in [0.1, 0.15) is 11.2 Å². The molecule has 0 saturated carbocycles. The molecule has 0 fully saturated rings. The van der Waals surface area contributed by atoms with Crippen LogP contribution < -0.4 is 0 Å². The molecule has 5 heteroatoms. The minimum Gasteiger partial charge on any atom is -0.456 e. The Morgan fingerprint density at radius 2 is 0.850 bits per heavy atom. The molecule has 0 bridgehead atoms. The number of furan rings is 1. The number of para-hydroxylation sites is 2. The Balaban J connectivity index is 1.17. The molecule has 9 aromatic carbocycles. The monoisotopic (exact) mass is 766 g/mol. The van der Waals surface area contributed by atoms with Crippen LogP contribution in [0.15, 0.2) is 211 Å². The second-order valence-electron chi connectivity index (χ2n) is 15.2. The lowest BCUT2D eigenvalue weighted by Crippen LogP contribution is -2.04. The summed E-state index contributed by atoms with van der Waals surface area (Å²) in [7, 11) is 0. The van der Waals surface area contributed by atoms with Crippen molar-refractivity contribution in [3.63, 3.8) is 0 Å². The zero-order valence-electron chi connectivity index (χ0n) is 32.3. The Morgan fingerprint density at radius 3 is 1.53 bits per heavy atom. The molecule has 3 aromatic heterocycles. The molecule has 0 unspecified atom stereocenters. The van der Waals surface area contributed by atoms with E-state index in [1.807, 2.05) is 24.3 Å². The number of nitrogens with zero attached hydrogens (tertiary/aromatic N) is 4. The van der Waals surface area contributed by atoms with E-state index in [4.69, 9.17) is 19.4 Å². The number of rotatable bonds is 6. The Hall–Kier alpha value is -8.15. The topological polar surface area (TPSA) is 56.7 Å². The molecule has 5 nitrogen and oxygen atoms in total. The molecule has 12 aromatic rings. The summed E-state index contributed by atoms with van der Waals surface area (Å²) in [6, 6.07) is 72.2. The third-order valence-electron chi connectivity index (χ3n) is 11.6. The van der Waals surface area contributed by atoms with Crippen LogP contribution in [0.3, 0.4) is 0 Å². The number of benzene rings is 9. The van der Waals surface area contributed by atoms with Crippen LogP contribution in [0.25, 0.3) is 117 Å². The van der Waals surface area contributed by atoms with E-state index < -0.39 is 0 Å². The third kappa shape index (κ3) is 5.67.